The lowest BCUT2D eigenvalue weighted by Crippen LogP contribution is -2.47. The van der Waals surface area contributed by atoms with E-state index in [4.69, 9.17) is 14.0 Å². The molecule has 0 spiro atoms. The van der Waals surface area contributed by atoms with Crippen molar-refractivity contribution in [1.82, 2.24) is 20.4 Å². The molecule has 1 fully saturated rings. The van der Waals surface area contributed by atoms with E-state index in [-0.39, 0.29) is 54.6 Å². The molecule has 3 aromatic rings. The molecule has 17 heteroatoms. The Bertz CT molecular complexity index is 1710. The third-order valence-corrected chi connectivity index (χ3v) is 7.17. The monoisotopic (exact) mass is 713 g/mol. The summed E-state index contributed by atoms with van der Waals surface area (Å²) >= 11 is 0. The Labute approximate surface area is 283 Å². The van der Waals surface area contributed by atoms with Gasteiger partial charge in [-0.25, -0.2) is 9.59 Å². The number of alkyl halides is 6. The van der Waals surface area contributed by atoms with Gasteiger partial charge in [0.25, 0.3) is 5.89 Å². The van der Waals surface area contributed by atoms with Crippen LogP contribution in [0.15, 0.2) is 52.0 Å². The minimum absolute atomic E-state index is 0.0346. The van der Waals surface area contributed by atoms with Crippen molar-refractivity contribution in [3.05, 3.63) is 70.6 Å². The van der Waals surface area contributed by atoms with Crippen molar-refractivity contribution >= 4 is 18.1 Å². The molecular weight excluding hydrogens is 676 g/mol. The van der Waals surface area contributed by atoms with Crippen LogP contribution in [0, 0.1) is 0 Å². The number of halogens is 6. The Morgan fingerprint density at radius 1 is 0.940 bits per heavy atom. The number of hydrogen-bond acceptors (Lipinski definition) is 8. The molecule has 0 unspecified atom stereocenters. The van der Waals surface area contributed by atoms with Gasteiger partial charge < -0.3 is 24.0 Å². The molecule has 2 heterocycles. The smallest absolute Gasteiger partial charge is 0.437 e. The van der Waals surface area contributed by atoms with E-state index in [1.807, 2.05) is 0 Å². The van der Waals surface area contributed by atoms with E-state index in [1.165, 1.54) is 29.2 Å². The Kier molecular flexibility index (Phi) is 10.9. The van der Waals surface area contributed by atoms with Crippen LogP contribution in [0.2, 0.25) is 0 Å². The Morgan fingerprint density at radius 2 is 1.58 bits per heavy atom. The number of hydrogen-bond donors (Lipinski definition) is 2. The summed E-state index contributed by atoms with van der Waals surface area (Å²) < 4.78 is 97.1. The van der Waals surface area contributed by atoms with Gasteiger partial charge in [0.1, 0.15) is 17.2 Å². The summed E-state index contributed by atoms with van der Waals surface area (Å²) in [6.07, 6.45) is -12.5. The summed E-state index contributed by atoms with van der Waals surface area (Å²) in [6, 6.07) is 6.41. The minimum Gasteiger partial charge on any atom is -0.444 e. The third kappa shape index (κ3) is 10.2. The van der Waals surface area contributed by atoms with Gasteiger partial charge >= 0.3 is 24.5 Å². The van der Waals surface area contributed by atoms with Crippen LogP contribution in [0.5, 0.6) is 0 Å². The van der Waals surface area contributed by atoms with Crippen LogP contribution >= 0.6 is 0 Å². The van der Waals surface area contributed by atoms with Crippen LogP contribution in [-0.4, -0.2) is 62.1 Å². The first-order chi connectivity index (χ1) is 23.0. The molecular formula is C33H37F6N5O6. The second kappa shape index (κ2) is 14.3. The number of carbonyl (C=O) groups is 2. The second-order valence-electron chi connectivity index (χ2n) is 13.6. The number of alkyl carbamates (subject to hydrolysis) is 1. The number of nitrogens with one attached hydrogen (secondary N) is 1. The van der Waals surface area contributed by atoms with Crippen LogP contribution in [-0.2, 0) is 34.7 Å². The highest BCUT2D eigenvalue weighted by molar-refractivity contribution is 5.99. The average molecular weight is 714 g/mol. The molecule has 1 aromatic heterocycles. The van der Waals surface area contributed by atoms with E-state index in [9.17, 15) is 41.0 Å². The molecule has 1 aliphatic rings. The van der Waals surface area contributed by atoms with Crippen LogP contribution in [0.3, 0.4) is 0 Å². The first-order valence-corrected chi connectivity index (χ1v) is 15.5. The number of likely N-dealkylation sites (tertiary alicyclic amines) is 1. The first kappa shape index (κ1) is 38.1. The maximum absolute atomic E-state index is 14.2. The molecule has 2 N–H and O–H groups in total. The molecule has 1 aliphatic heterocycles. The molecule has 272 valence electrons. The maximum Gasteiger partial charge on any atom is 0.437 e. The van der Waals surface area contributed by atoms with Crippen LogP contribution in [0.25, 0.3) is 11.4 Å². The predicted octanol–water partition coefficient (Wildman–Crippen LogP) is 7.48. The van der Waals surface area contributed by atoms with Gasteiger partial charge in [-0.3, -0.25) is 5.32 Å². The molecule has 11 nitrogen and oxygen atoms in total. The number of aromatic nitrogens is 2. The van der Waals surface area contributed by atoms with Crippen LogP contribution < -0.4 is 5.32 Å². The fourth-order valence-electron chi connectivity index (χ4n) is 5.05. The van der Waals surface area contributed by atoms with Gasteiger partial charge in [0.2, 0.25) is 11.8 Å². The third-order valence-electron chi connectivity index (χ3n) is 7.17. The highest BCUT2D eigenvalue weighted by atomic mass is 19.4. The largest absolute Gasteiger partial charge is 0.444 e. The number of aryl methyl sites for hydroxylation is 2. The Balaban J connectivity index is 1.61. The molecule has 2 aromatic carbocycles. The van der Waals surface area contributed by atoms with E-state index < -0.39 is 59.0 Å². The summed E-state index contributed by atoms with van der Waals surface area (Å²) in [7, 11) is 0. The predicted molar refractivity (Wildman–Crippen MR) is 167 cm³/mol. The molecule has 2 atom stereocenters. The summed E-state index contributed by atoms with van der Waals surface area (Å²) in [5.41, 5.74) is -3.45. The fourth-order valence-corrected chi connectivity index (χ4v) is 5.05. The fraction of sp³-hybridized carbons (Fsp3) is 0.485. The number of benzene rings is 2. The van der Waals surface area contributed by atoms with E-state index >= 15 is 0 Å². The SMILES string of the molecule is CC(C)(C)OC(=O)/N=C(\NC(=O)OC(C)(C)C)N1CC[C@H](O)[C@H]1c1nc(-c2ccc(CCc3ccc(C(F)(F)F)cc3)c(C(F)(F)F)c2)no1. The highest BCUT2D eigenvalue weighted by Crippen LogP contribution is 2.37. The van der Waals surface area contributed by atoms with Crippen molar-refractivity contribution < 1.29 is 55.0 Å². The number of guanidine groups is 1. The molecule has 0 bridgehead atoms. The summed E-state index contributed by atoms with van der Waals surface area (Å²) in [5, 5.41) is 17.1. The van der Waals surface area contributed by atoms with Gasteiger partial charge in [-0.15, -0.1) is 4.99 Å². The van der Waals surface area contributed by atoms with E-state index in [1.54, 1.807) is 41.5 Å². The van der Waals surface area contributed by atoms with Crippen molar-refractivity contribution in [2.24, 2.45) is 4.99 Å². The first-order valence-electron chi connectivity index (χ1n) is 15.5. The molecule has 0 aliphatic carbocycles. The topological polar surface area (TPSA) is 139 Å². The normalized spacial score (nSPS) is 17.5. The van der Waals surface area contributed by atoms with Gasteiger partial charge in [-0.05, 0) is 90.1 Å². The van der Waals surface area contributed by atoms with E-state index in [0.29, 0.717) is 5.56 Å². The number of rotatable bonds is 5. The van der Waals surface area contributed by atoms with Gasteiger partial charge in [-0.2, -0.15) is 31.3 Å². The quantitative estimate of drug-likeness (QED) is 0.157. The lowest BCUT2D eigenvalue weighted by Gasteiger charge is -2.28. The zero-order valence-electron chi connectivity index (χ0n) is 28.1. The molecule has 4 rings (SSSR count). The molecule has 1 saturated heterocycles. The van der Waals surface area contributed by atoms with Crippen molar-refractivity contribution in [1.29, 1.82) is 0 Å². The average Bonchev–Trinajstić information content (AvgIpc) is 3.59. The molecule has 50 heavy (non-hydrogen) atoms. The number of aliphatic hydroxyl groups excluding tert-OH is 1. The Hall–Kier alpha value is -4.67. The summed E-state index contributed by atoms with van der Waals surface area (Å²) in [4.78, 5) is 34.8. The van der Waals surface area contributed by atoms with Crippen LogP contribution in [0.1, 0.15) is 82.1 Å². The van der Waals surface area contributed by atoms with Crippen molar-refractivity contribution in [2.75, 3.05) is 6.54 Å². The number of nitrogens with zero attached hydrogens (tertiary/aromatic N) is 4. The minimum atomic E-state index is -4.79. The number of aliphatic imine (C=N–C) groups is 1. The zero-order valence-corrected chi connectivity index (χ0v) is 28.1. The lowest BCUT2D eigenvalue weighted by molar-refractivity contribution is -0.138. The van der Waals surface area contributed by atoms with E-state index in [0.717, 1.165) is 18.2 Å². The number of ether oxygens (including phenoxy) is 2. The molecule has 0 saturated carbocycles. The zero-order chi connectivity index (χ0) is 37.2. The lowest BCUT2D eigenvalue weighted by atomic mass is 9.97. The molecule has 2 amide bonds. The van der Waals surface area contributed by atoms with Crippen molar-refractivity contribution in [3.63, 3.8) is 0 Å². The van der Waals surface area contributed by atoms with Crippen molar-refractivity contribution in [2.45, 2.75) is 96.5 Å². The van der Waals surface area contributed by atoms with Gasteiger partial charge in [0, 0.05) is 12.1 Å². The summed E-state index contributed by atoms with van der Waals surface area (Å²) in [5.74, 6) is -0.844. The number of aliphatic hydroxyl groups is 1. The van der Waals surface area contributed by atoms with Gasteiger partial charge in [0.05, 0.1) is 17.2 Å². The Morgan fingerprint density at radius 3 is 2.16 bits per heavy atom. The summed E-state index contributed by atoms with van der Waals surface area (Å²) in [6.45, 7) is 9.73. The second-order valence-corrected chi connectivity index (χ2v) is 13.6. The molecule has 0 radical (unpaired) electrons. The van der Waals surface area contributed by atoms with E-state index in [2.05, 4.69) is 20.4 Å². The number of carbonyl (C=O) groups excluding carboxylic acids is 2. The highest BCUT2D eigenvalue weighted by Gasteiger charge is 2.42. The van der Waals surface area contributed by atoms with Gasteiger partial charge in [-0.1, -0.05) is 29.4 Å². The standard InChI is InChI=1S/C33H37F6N5O6/c1-30(2,3)48-28(46)41-27(42-29(47)49-31(4,5)6)44-16-15-23(45)24(44)26-40-25(43-50-26)20-12-11-19(22(17-20)33(37,38)39)10-7-18-8-13-21(14-9-18)32(34,35)36/h8-9,11-14,17,23-24,45H,7,10,15-16H2,1-6H3,(H,41,42,46,47)/t23-,24-/m0/s1. The number of amides is 2. The van der Waals surface area contributed by atoms with Gasteiger partial charge in [0.15, 0.2) is 0 Å². The maximum atomic E-state index is 14.2. The van der Waals surface area contributed by atoms with Crippen LogP contribution in [0.4, 0.5) is 35.9 Å². The van der Waals surface area contributed by atoms with Crippen molar-refractivity contribution in [3.8, 4) is 11.4 Å².